The maximum atomic E-state index is 11.4. The highest BCUT2D eigenvalue weighted by atomic mass is 32.2. The molecule has 0 bridgehead atoms. The molecule has 0 aliphatic carbocycles. The molecule has 0 unspecified atom stereocenters. The molecule has 1 aromatic carbocycles. The normalized spacial score (nSPS) is 11.4. The van der Waals surface area contributed by atoms with Gasteiger partial charge in [-0.1, -0.05) is 0 Å². The number of amides is 1. The quantitative estimate of drug-likeness (QED) is 0.560. The fraction of sp³-hybridized carbons (Fsp3) is 0.417. The van der Waals surface area contributed by atoms with E-state index in [9.17, 15) is 13.2 Å². The SMILES string of the molecule is CC(C)NC(=O)CCNc1ccc(S(N)(=O)=O)cc1N. The van der Waals surface area contributed by atoms with Gasteiger partial charge < -0.3 is 16.4 Å². The van der Waals surface area contributed by atoms with Crippen molar-refractivity contribution in [3.8, 4) is 0 Å². The van der Waals surface area contributed by atoms with Gasteiger partial charge in [0, 0.05) is 19.0 Å². The van der Waals surface area contributed by atoms with Gasteiger partial charge >= 0.3 is 0 Å². The van der Waals surface area contributed by atoms with E-state index in [2.05, 4.69) is 10.6 Å². The van der Waals surface area contributed by atoms with E-state index in [1.54, 1.807) is 0 Å². The minimum Gasteiger partial charge on any atom is -0.397 e. The van der Waals surface area contributed by atoms with E-state index in [0.717, 1.165) is 0 Å². The number of carbonyl (C=O) groups is 1. The van der Waals surface area contributed by atoms with Crippen LogP contribution >= 0.6 is 0 Å². The van der Waals surface area contributed by atoms with Crippen molar-refractivity contribution in [2.45, 2.75) is 31.2 Å². The summed E-state index contributed by atoms with van der Waals surface area (Å²) in [6, 6.07) is 4.27. The topological polar surface area (TPSA) is 127 Å². The van der Waals surface area contributed by atoms with Crippen LogP contribution in [-0.4, -0.2) is 26.9 Å². The number of nitrogens with two attached hydrogens (primary N) is 2. The van der Waals surface area contributed by atoms with Crippen LogP contribution in [0.5, 0.6) is 0 Å². The largest absolute Gasteiger partial charge is 0.397 e. The molecule has 0 fully saturated rings. The fourth-order valence-corrected chi connectivity index (χ4v) is 2.13. The van der Waals surface area contributed by atoms with Crippen LogP contribution in [0.3, 0.4) is 0 Å². The van der Waals surface area contributed by atoms with E-state index in [0.29, 0.717) is 18.7 Å². The highest BCUT2D eigenvalue weighted by Crippen LogP contribution is 2.21. The van der Waals surface area contributed by atoms with Crippen molar-refractivity contribution in [2.75, 3.05) is 17.6 Å². The molecular formula is C12H20N4O3S. The lowest BCUT2D eigenvalue weighted by Gasteiger charge is -2.11. The molecule has 8 heteroatoms. The Labute approximate surface area is 118 Å². The number of hydrogen-bond acceptors (Lipinski definition) is 5. The average Bonchev–Trinajstić information content (AvgIpc) is 2.28. The zero-order chi connectivity index (χ0) is 15.3. The fourth-order valence-electron chi connectivity index (χ4n) is 1.58. The Bertz CT molecular complexity index is 584. The molecule has 1 aromatic rings. The second-order valence-electron chi connectivity index (χ2n) is 4.69. The average molecular weight is 300 g/mol. The summed E-state index contributed by atoms with van der Waals surface area (Å²) in [5.41, 5.74) is 6.56. The molecule has 0 aliphatic rings. The van der Waals surface area contributed by atoms with Crippen LogP contribution < -0.4 is 21.5 Å². The van der Waals surface area contributed by atoms with Crippen LogP contribution in [-0.2, 0) is 14.8 Å². The van der Waals surface area contributed by atoms with Gasteiger partial charge in [-0.2, -0.15) is 0 Å². The maximum absolute atomic E-state index is 11.4. The lowest BCUT2D eigenvalue weighted by Crippen LogP contribution is -2.31. The molecule has 0 saturated heterocycles. The first kappa shape index (κ1) is 16.3. The Hall–Kier alpha value is -1.80. The second-order valence-corrected chi connectivity index (χ2v) is 6.25. The van der Waals surface area contributed by atoms with E-state index < -0.39 is 10.0 Å². The second kappa shape index (κ2) is 6.58. The lowest BCUT2D eigenvalue weighted by atomic mass is 10.2. The van der Waals surface area contributed by atoms with Crippen LogP contribution in [0.4, 0.5) is 11.4 Å². The number of carbonyl (C=O) groups excluding carboxylic acids is 1. The van der Waals surface area contributed by atoms with E-state index in [4.69, 9.17) is 10.9 Å². The molecule has 0 saturated carbocycles. The van der Waals surface area contributed by atoms with E-state index >= 15 is 0 Å². The van der Waals surface area contributed by atoms with Crippen molar-refractivity contribution in [2.24, 2.45) is 5.14 Å². The van der Waals surface area contributed by atoms with Gasteiger partial charge in [-0.05, 0) is 32.0 Å². The van der Waals surface area contributed by atoms with Crippen molar-refractivity contribution in [3.05, 3.63) is 18.2 Å². The van der Waals surface area contributed by atoms with Gasteiger partial charge in [-0.3, -0.25) is 4.79 Å². The number of rotatable bonds is 6. The van der Waals surface area contributed by atoms with Crippen molar-refractivity contribution < 1.29 is 13.2 Å². The van der Waals surface area contributed by atoms with Gasteiger partial charge in [0.25, 0.3) is 0 Å². The first-order valence-electron chi connectivity index (χ1n) is 6.15. The summed E-state index contributed by atoms with van der Waals surface area (Å²) in [4.78, 5) is 11.4. The number of anilines is 2. The summed E-state index contributed by atoms with van der Waals surface area (Å²) in [5, 5.41) is 10.7. The molecule has 0 aliphatic heterocycles. The van der Waals surface area contributed by atoms with Crippen LogP contribution in [0, 0.1) is 0 Å². The van der Waals surface area contributed by atoms with Gasteiger partial charge in [-0.25, -0.2) is 13.6 Å². The van der Waals surface area contributed by atoms with Crippen molar-refractivity contribution >= 4 is 27.3 Å². The van der Waals surface area contributed by atoms with Gasteiger partial charge in [0.05, 0.1) is 16.3 Å². The number of benzene rings is 1. The Morgan fingerprint density at radius 2 is 2.00 bits per heavy atom. The van der Waals surface area contributed by atoms with E-state index in [1.807, 2.05) is 13.8 Å². The summed E-state index contributed by atoms with van der Waals surface area (Å²) in [7, 11) is -3.76. The van der Waals surface area contributed by atoms with Crippen molar-refractivity contribution in [3.63, 3.8) is 0 Å². The smallest absolute Gasteiger partial charge is 0.238 e. The van der Waals surface area contributed by atoms with Gasteiger partial charge in [0.15, 0.2) is 0 Å². The third-order valence-electron chi connectivity index (χ3n) is 2.47. The third kappa shape index (κ3) is 5.06. The monoisotopic (exact) mass is 300 g/mol. The molecule has 112 valence electrons. The highest BCUT2D eigenvalue weighted by molar-refractivity contribution is 7.89. The summed E-state index contributed by atoms with van der Waals surface area (Å²) in [6.07, 6.45) is 0.300. The minimum atomic E-state index is -3.76. The highest BCUT2D eigenvalue weighted by Gasteiger charge is 2.10. The number of primary sulfonamides is 1. The van der Waals surface area contributed by atoms with E-state index in [1.165, 1.54) is 18.2 Å². The first-order valence-corrected chi connectivity index (χ1v) is 7.70. The van der Waals surface area contributed by atoms with E-state index in [-0.39, 0.29) is 22.5 Å². The summed E-state index contributed by atoms with van der Waals surface area (Å²) in [5.74, 6) is -0.0628. The zero-order valence-electron chi connectivity index (χ0n) is 11.5. The molecule has 0 heterocycles. The predicted octanol–water partition coefficient (Wildman–Crippen LogP) is 0.243. The zero-order valence-corrected chi connectivity index (χ0v) is 12.3. The first-order chi connectivity index (χ1) is 9.20. The Balaban J connectivity index is 2.60. The molecule has 6 N–H and O–H groups in total. The Morgan fingerprint density at radius 1 is 1.35 bits per heavy atom. The molecule has 0 aromatic heterocycles. The summed E-state index contributed by atoms with van der Waals surface area (Å²) in [6.45, 7) is 4.17. The standard InChI is InChI=1S/C12H20N4O3S/c1-8(2)16-12(17)5-6-15-11-4-3-9(7-10(11)13)20(14,18)19/h3-4,7-8,15H,5-6,13H2,1-2H3,(H,16,17)(H2,14,18,19). The predicted molar refractivity (Wildman–Crippen MR) is 78.6 cm³/mol. The molecule has 0 atom stereocenters. The molecule has 20 heavy (non-hydrogen) atoms. The van der Waals surface area contributed by atoms with Crippen LogP contribution in [0.1, 0.15) is 20.3 Å². The molecule has 0 spiro atoms. The molecule has 0 radical (unpaired) electrons. The van der Waals surface area contributed by atoms with Crippen molar-refractivity contribution in [1.29, 1.82) is 0 Å². The molecular weight excluding hydrogens is 280 g/mol. The third-order valence-corrected chi connectivity index (χ3v) is 3.38. The molecule has 1 rings (SSSR count). The van der Waals surface area contributed by atoms with Crippen molar-refractivity contribution in [1.82, 2.24) is 5.32 Å². The maximum Gasteiger partial charge on any atom is 0.238 e. The molecule has 7 nitrogen and oxygen atoms in total. The number of hydrogen-bond donors (Lipinski definition) is 4. The van der Waals surface area contributed by atoms with Gasteiger partial charge in [0.1, 0.15) is 0 Å². The lowest BCUT2D eigenvalue weighted by molar-refractivity contribution is -0.121. The summed E-state index contributed by atoms with van der Waals surface area (Å²) < 4.78 is 22.3. The Kier molecular flexibility index (Phi) is 5.34. The summed E-state index contributed by atoms with van der Waals surface area (Å²) >= 11 is 0. The number of nitrogen functional groups attached to an aromatic ring is 1. The number of nitrogens with one attached hydrogen (secondary N) is 2. The van der Waals surface area contributed by atoms with Gasteiger partial charge in [0.2, 0.25) is 15.9 Å². The van der Waals surface area contributed by atoms with Crippen LogP contribution in [0.15, 0.2) is 23.1 Å². The minimum absolute atomic E-state index is 0.0434. The number of sulfonamides is 1. The van der Waals surface area contributed by atoms with Gasteiger partial charge in [-0.15, -0.1) is 0 Å². The molecule has 1 amide bonds. The van der Waals surface area contributed by atoms with Crippen LogP contribution in [0.2, 0.25) is 0 Å². The van der Waals surface area contributed by atoms with Crippen LogP contribution in [0.25, 0.3) is 0 Å². The Morgan fingerprint density at radius 3 is 2.50 bits per heavy atom.